The van der Waals surface area contributed by atoms with Gasteiger partial charge >= 0.3 is 5.97 Å². The smallest absolute Gasteiger partial charge is 0.303 e. The highest BCUT2D eigenvalue weighted by Crippen LogP contribution is 2.25. The first kappa shape index (κ1) is 10.9. The van der Waals surface area contributed by atoms with E-state index < -0.39 is 5.97 Å². The number of hydrogen-bond acceptors (Lipinski definition) is 4. The predicted molar refractivity (Wildman–Crippen MR) is 59.5 cm³/mol. The van der Waals surface area contributed by atoms with Gasteiger partial charge in [-0.3, -0.25) is 4.79 Å². The maximum atomic E-state index is 10.5. The molecule has 1 saturated heterocycles. The molecule has 5 nitrogen and oxygen atoms in total. The number of rotatable bonds is 3. The summed E-state index contributed by atoms with van der Waals surface area (Å²) < 4.78 is 0. The van der Waals surface area contributed by atoms with Crippen LogP contribution in [0.4, 0.5) is 5.82 Å². The number of aryl methyl sites for hydroxylation is 2. The summed E-state index contributed by atoms with van der Waals surface area (Å²) in [6.07, 6.45) is 0.250. The summed E-state index contributed by atoms with van der Waals surface area (Å²) in [5.41, 5.74) is 0.948. The Labute approximate surface area is 94.1 Å². The van der Waals surface area contributed by atoms with E-state index in [2.05, 4.69) is 14.9 Å². The van der Waals surface area contributed by atoms with Gasteiger partial charge in [-0.2, -0.15) is 0 Å². The summed E-state index contributed by atoms with van der Waals surface area (Å²) in [5.74, 6) is 1.20. The fraction of sp³-hybridized carbons (Fsp3) is 0.545. The van der Waals surface area contributed by atoms with Gasteiger partial charge in [-0.25, -0.2) is 9.97 Å². The first-order chi connectivity index (χ1) is 7.54. The molecule has 2 rings (SSSR count). The van der Waals surface area contributed by atoms with E-state index in [9.17, 15) is 4.79 Å². The first-order valence-electron chi connectivity index (χ1n) is 5.33. The molecule has 2 heterocycles. The van der Waals surface area contributed by atoms with E-state index in [1.807, 2.05) is 19.9 Å². The number of aromatic nitrogens is 2. The molecule has 1 N–H and O–H groups in total. The van der Waals surface area contributed by atoms with Crippen LogP contribution in [0.1, 0.15) is 17.9 Å². The normalized spacial score (nSPS) is 16.0. The van der Waals surface area contributed by atoms with E-state index in [0.29, 0.717) is 0 Å². The van der Waals surface area contributed by atoms with Crippen molar-refractivity contribution in [3.05, 3.63) is 17.6 Å². The van der Waals surface area contributed by atoms with Crippen LogP contribution in [-0.2, 0) is 4.79 Å². The second-order valence-electron chi connectivity index (χ2n) is 4.28. The van der Waals surface area contributed by atoms with E-state index in [-0.39, 0.29) is 12.3 Å². The molecule has 0 saturated carbocycles. The van der Waals surface area contributed by atoms with Crippen LogP contribution in [-0.4, -0.2) is 34.1 Å². The number of carboxylic acid groups (broad SMARTS) is 1. The molecule has 1 aromatic heterocycles. The van der Waals surface area contributed by atoms with Gasteiger partial charge in [-0.1, -0.05) is 0 Å². The van der Waals surface area contributed by atoms with Crippen LogP contribution in [0.25, 0.3) is 0 Å². The van der Waals surface area contributed by atoms with Crippen LogP contribution in [0, 0.1) is 19.8 Å². The Morgan fingerprint density at radius 3 is 2.75 bits per heavy atom. The third-order valence-corrected chi connectivity index (χ3v) is 2.70. The van der Waals surface area contributed by atoms with Gasteiger partial charge in [0.05, 0.1) is 6.42 Å². The van der Waals surface area contributed by atoms with E-state index in [1.165, 1.54) is 0 Å². The Kier molecular flexibility index (Phi) is 2.77. The Bertz CT molecular complexity index is 393. The van der Waals surface area contributed by atoms with Crippen LogP contribution < -0.4 is 4.90 Å². The van der Waals surface area contributed by atoms with Crippen LogP contribution >= 0.6 is 0 Å². The van der Waals surface area contributed by atoms with Crippen LogP contribution in [0.15, 0.2) is 6.07 Å². The highest BCUT2D eigenvalue weighted by molar-refractivity contribution is 5.67. The van der Waals surface area contributed by atoms with Gasteiger partial charge in [0.25, 0.3) is 0 Å². The second kappa shape index (κ2) is 4.08. The van der Waals surface area contributed by atoms with Gasteiger partial charge < -0.3 is 10.0 Å². The molecule has 1 aliphatic rings. The summed E-state index contributed by atoms with van der Waals surface area (Å²) in [4.78, 5) is 21.1. The van der Waals surface area contributed by atoms with Crippen molar-refractivity contribution < 1.29 is 9.90 Å². The van der Waals surface area contributed by atoms with E-state index in [1.54, 1.807) is 0 Å². The van der Waals surface area contributed by atoms with E-state index in [0.717, 1.165) is 30.4 Å². The molecule has 1 aliphatic heterocycles. The van der Waals surface area contributed by atoms with Crippen molar-refractivity contribution in [1.82, 2.24) is 9.97 Å². The average Bonchev–Trinajstić information content (AvgIpc) is 2.08. The van der Waals surface area contributed by atoms with E-state index >= 15 is 0 Å². The molecule has 16 heavy (non-hydrogen) atoms. The Balaban J connectivity index is 1.98. The number of aliphatic carboxylic acids is 1. The van der Waals surface area contributed by atoms with Crippen molar-refractivity contribution >= 4 is 11.8 Å². The molecule has 0 aromatic carbocycles. The average molecular weight is 221 g/mol. The second-order valence-corrected chi connectivity index (χ2v) is 4.28. The van der Waals surface area contributed by atoms with Crippen molar-refractivity contribution in [3.8, 4) is 0 Å². The third kappa shape index (κ3) is 2.29. The zero-order valence-electron chi connectivity index (χ0n) is 9.47. The maximum absolute atomic E-state index is 10.5. The molecule has 1 aromatic rings. The summed E-state index contributed by atoms with van der Waals surface area (Å²) in [6.45, 7) is 5.36. The van der Waals surface area contributed by atoms with Gasteiger partial charge in [0.15, 0.2) is 0 Å². The monoisotopic (exact) mass is 221 g/mol. The summed E-state index contributed by atoms with van der Waals surface area (Å²) in [5, 5.41) is 8.65. The fourth-order valence-corrected chi connectivity index (χ4v) is 1.99. The quantitative estimate of drug-likeness (QED) is 0.825. The number of nitrogens with zero attached hydrogens (tertiary/aromatic N) is 3. The minimum atomic E-state index is -0.723. The van der Waals surface area contributed by atoms with Crippen LogP contribution in [0.5, 0.6) is 0 Å². The van der Waals surface area contributed by atoms with Crippen LogP contribution in [0.3, 0.4) is 0 Å². The van der Waals surface area contributed by atoms with Crippen molar-refractivity contribution in [2.24, 2.45) is 5.92 Å². The minimum Gasteiger partial charge on any atom is -0.481 e. The van der Waals surface area contributed by atoms with Gasteiger partial charge in [-0.15, -0.1) is 0 Å². The molecule has 0 spiro atoms. The number of hydrogen-bond donors (Lipinski definition) is 1. The Hall–Kier alpha value is -1.65. The first-order valence-corrected chi connectivity index (χ1v) is 5.33. The zero-order valence-corrected chi connectivity index (χ0v) is 9.47. The topological polar surface area (TPSA) is 66.3 Å². The highest BCUT2D eigenvalue weighted by Gasteiger charge is 2.29. The molecule has 5 heteroatoms. The van der Waals surface area contributed by atoms with Gasteiger partial charge in [0, 0.05) is 30.8 Å². The predicted octanol–water partition coefficient (Wildman–Crippen LogP) is 1.00. The van der Waals surface area contributed by atoms with E-state index in [4.69, 9.17) is 5.11 Å². The standard InChI is InChI=1S/C11H15N3O2/c1-7-3-10(13-8(2)12-7)14-5-9(6-14)4-11(15)16/h3,9H,4-6H2,1-2H3,(H,15,16). The van der Waals surface area contributed by atoms with Crippen molar-refractivity contribution in [1.29, 1.82) is 0 Å². The Morgan fingerprint density at radius 2 is 2.19 bits per heavy atom. The fourth-order valence-electron chi connectivity index (χ4n) is 1.99. The molecule has 0 atom stereocenters. The zero-order chi connectivity index (χ0) is 11.7. The highest BCUT2D eigenvalue weighted by atomic mass is 16.4. The number of carbonyl (C=O) groups is 1. The third-order valence-electron chi connectivity index (χ3n) is 2.70. The largest absolute Gasteiger partial charge is 0.481 e. The molecule has 0 aliphatic carbocycles. The molecule has 0 bridgehead atoms. The number of anilines is 1. The lowest BCUT2D eigenvalue weighted by Gasteiger charge is -2.39. The molecule has 0 radical (unpaired) electrons. The lowest BCUT2D eigenvalue weighted by molar-refractivity contribution is -0.138. The van der Waals surface area contributed by atoms with Gasteiger partial charge in [0.1, 0.15) is 11.6 Å². The van der Waals surface area contributed by atoms with Gasteiger partial charge in [-0.05, 0) is 13.8 Å². The molecule has 1 fully saturated rings. The lowest BCUT2D eigenvalue weighted by atomic mass is 9.96. The minimum absolute atomic E-state index is 0.250. The van der Waals surface area contributed by atoms with Gasteiger partial charge in [0.2, 0.25) is 0 Å². The summed E-state index contributed by atoms with van der Waals surface area (Å²) in [7, 11) is 0. The maximum Gasteiger partial charge on any atom is 0.303 e. The number of carboxylic acids is 1. The summed E-state index contributed by atoms with van der Waals surface area (Å²) >= 11 is 0. The Morgan fingerprint density at radius 1 is 1.50 bits per heavy atom. The molecule has 0 amide bonds. The van der Waals surface area contributed by atoms with Crippen LogP contribution in [0.2, 0.25) is 0 Å². The summed E-state index contributed by atoms with van der Waals surface area (Å²) in [6, 6.07) is 1.93. The van der Waals surface area contributed by atoms with Crippen molar-refractivity contribution in [2.45, 2.75) is 20.3 Å². The lowest BCUT2D eigenvalue weighted by Crippen LogP contribution is -2.48. The molecule has 86 valence electrons. The SMILES string of the molecule is Cc1cc(N2CC(CC(=O)O)C2)nc(C)n1. The van der Waals surface area contributed by atoms with Crippen molar-refractivity contribution in [3.63, 3.8) is 0 Å². The molecular formula is C11H15N3O2. The van der Waals surface area contributed by atoms with Crippen molar-refractivity contribution in [2.75, 3.05) is 18.0 Å². The molecular weight excluding hydrogens is 206 g/mol. The molecule has 0 unspecified atom stereocenters.